The molecule has 0 unspecified atom stereocenters. The summed E-state index contributed by atoms with van der Waals surface area (Å²) in [6.07, 6.45) is 5.97. The van der Waals surface area contributed by atoms with E-state index in [1.54, 1.807) is 0 Å². The second-order valence-corrected chi connectivity index (χ2v) is 9.41. The van der Waals surface area contributed by atoms with Crippen molar-refractivity contribution in [2.75, 3.05) is 0 Å². The van der Waals surface area contributed by atoms with Gasteiger partial charge >= 0.3 is 5.97 Å². The quantitative estimate of drug-likeness (QED) is 0.197. The normalized spacial score (nSPS) is 30.7. The lowest BCUT2D eigenvalue weighted by atomic mass is 9.85. The van der Waals surface area contributed by atoms with Gasteiger partial charge in [-0.2, -0.15) is 0 Å². The number of carbonyl (C=O) groups excluding carboxylic acids is 1. The summed E-state index contributed by atoms with van der Waals surface area (Å²) in [7, 11) is 0. The number of hydrogen-bond donors (Lipinski definition) is 3. The van der Waals surface area contributed by atoms with Crippen LogP contribution in [0.15, 0.2) is 42.5 Å². The van der Waals surface area contributed by atoms with Crippen LogP contribution in [0.3, 0.4) is 0 Å². The fourth-order valence-corrected chi connectivity index (χ4v) is 4.83. The number of hydrogen-bond acceptors (Lipinski definition) is 6. The zero-order chi connectivity index (χ0) is 23.1. The maximum Gasteiger partial charge on any atom is 0.306 e. The molecule has 2 fully saturated rings. The van der Waals surface area contributed by atoms with E-state index in [-0.39, 0.29) is 36.1 Å². The van der Waals surface area contributed by atoms with E-state index in [9.17, 15) is 20.1 Å². The van der Waals surface area contributed by atoms with E-state index in [0.717, 1.165) is 19.3 Å². The summed E-state index contributed by atoms with van der Waals surface area (Å²) in [5.41, 5.74) is 1.18. The lowest BCUT2D eigenvalue weighted by Crippen LogP contribution is -2.30. The number of rotatable bonds is 12. The zero-order valence-electron chi connectivity index (χ0n) is 19.2. The second kappa shape index (κ2) is 11.9. The molecule has 1 saturated heterocycles. The van der Waals surface area contributed by atoms with Crippen LogP contribution in [0, 0.1) is 11.8 Å². The molecule has 1 aromatic carbocycles. The minimum absolute atomic E-state index is 0.0874. The number of carbonyl (C=O) groups is 1. The average Bonchev–Trinajstić information content (AvgIpc) is 3.48. The van der Waals surface area contributed by atoms with E-state index < -0.39 is 18.3 Å². The minimum Gasteiger partial charge on any atom is -0.463 e. The van der Waals surface area contributed by atoms with E-state index in [4.69, 9.17) is 9.47 Å². The van der Waals surface area contributed by atoms with Crippen LogP contribution >= 0.6 is 0 Å². The van der Waals surface area contributed by atoms with Gasteiger partial charge in [0.1, 0.15) is 6.10 Å². The molecule has 3 rings (SSSR count). The van der Waals surface area contributed by atoms with Crippen LogP contribution in [0.1, 0.15) is 57.9 Å². The molecule has 6 heteroatoms. The summed E-state index contributed by atoms with van der Waals surface area (Å²) < 4.78 is 10.9. The summed E-state index contributed by atoms with van der Waals surface area (Å²) in [4.78, 5) is 11.6. The second-order valence-electron chi connectivity index (χ2n) is 9.41. The van der Waals surface area contributed by atoms with Crippen molar-refractivity contribution in [2.45, 2.75) is 95.4 Å². The Hall–Kier alpha value is -1.73. The summed E-state index contributed by atoms with van der Waals surface area (Å²) in [5.74, 6) is -0.443. The first-order valence-electron chi connectivity index (χ1n) is 11.9. The number of ether oxygens (including phenoxy) is 2. The number of benzene rings is 1. The lowest BCUT2D eigenvalue weighted by Gasteiger charge is -2.21. The van der Waals surface area contributed by atoms with E-state index in [2.05, 4.69) is 0 Å². The van der Waals surface area contributed by atoms with Gasteiger partial charge in [0, 0.05) is 12.3 Å². The van der Waals surface area contributed by atoms with Crippen LogP contribution in [0.4, 0.5) is 0 Å². The molecule has 2 aliphatic rings. The Kier molecular flexibility index (Phi) is 9.29. The fraction of sp³-hybridized carbons (Fsp3) is 0.654. The maximum absolute atomic E-state index is 11.6. The number of aliphatic hydroxyl groups excluding tert-OH is 3. The smallest absolute Gasteiger partial charge is 0.306 e. The molecule has 1 aliphatic carbocycles. The molecule has 32 heavy (non-hydrogen) atoms. The van der Waals surface area contributed by atoms with Gasteiger partial charge < -0.3 is 24.8 Å². The fourth-order valence-electron chi connectivity index (χ4n) is 4.83. The maximum atomic E-state index is 11.6. The third-order valence-corrected chi connectivity index (χ3v) is 6.50. The van der Waals surface area contributed by atoms with Gasteiger partial charge in [0.15, 0.2) is 0 Å². The third-order valence-electron chi connectivity index (χ3n) is 6.50. The van der Waals surface area contributed by atoms with Crippen LogP contribution < -0.4 is 0 Å². The molecule has 0 aromatic heterocycles. The summed E-state index contributed by atoms with van der Waals surface area (Å²) >= 11 is 0. The van der Waals surface area contributed by atoms with Crippen molar-refractivity contribution in [3.8, 4) is 0 Å². The molecular weight excluding hydrogens is 408 g/mol. The molecule has 1 aliphatic heterocycles. The van der Waals surface area contributed by atoms with Crippen molar-refractivity contribution in [2.24, 2.45) is 11.8 Å². The predicted molar refractivity (Wildman–Crippen MR) is 122 cm³/mol. The first-order chi connectivity index (χ1) is 15.4. The third kappa shape index (κ3) is 7.14. The van der Waals surface area contributed by atoms with Gasteiger partial charge in [-0.15, -0.1) is 0 Å². The van der Waals surface area contributed by atoms with Gasteiger partial charge in [0.2, 0.25) is 0 Å². The van der Waals surface area contributed by atoms with Crippen molar-refractivity contribution in [3.63, 3.8) is 0 Å². The van der Waals surface area contributed by atoms with Gasteiger partial charge in [0.25, 0.3) is 0 Å². The molecule has 0 spiro atoms. The number of unbranched alkanes of at least 4 members (excludes halogenated alkanes) is 1. The highest BCUT2D eigenvalue weighted by Crippen LogP contribution is 2.46. The topological polar surface area (TPSA) is 99.5 Å². The predicted octanol–water partition coefficient (Wildman–Crippen LogP) is 3.17. The zero-order valence-corrected chi connectivity index (χ0v) is 19.2. The first kappa shape index (κ1) is 24.9. The Morgan fingerprint density at radius 1 is 1.19 bits per heavy atom. The van der Waals surface area contributed by atoms with Crippen molar-refractivity contribution >= 4 is 5.97 Å². The molecule has 1 aromatic rings. The van der Waals surface area contributed by atoms with E-state index in [1.807, 2.05) is 56.3 Å². The van der Waals surface area contributed by atoms with E-state index >= 15 is 0 Å². The van der Waals surface area contributed by atoms with E-state index in [1.165, 1.54) is 5.56 Å². The Labute approximate surface area is 191 Å². The Balaban J connectivity index is 1.42. The first-order valence-corrected chi connectivity index (χ1v) is 11.9. The molecule has 7 atom stereocenters. The van der Waals surface area contributed by atoms with Gasteiger partial charge in [0.05, 0.1) is 30.5 Å². The highest BCUT2D eigenvalue weighted by molar-refractivity contribution is 5.69. The van der Waals surface area contributed by atoms with Crippen LogP contribution in [-0.2, 0) is 20.7 Å². The SMILES string of the molecule is CC(C)OC(=O)CCC/C=C\C[C@@H]1[C@@H]([C@@H]2O[C@H]2[C@@H](O)CCc2ccccc2)[C@H](O)C[C@@H]1O. The van der Waals surface area contributed by atoms with Gasteiger partial charge in [-0.25, -0.2) is 0 Å². The van der Waals surface area contributed by atoms with E-state index in [0.29, 0.717) is 25.7 Å². The van der Waals surface area contributed by atoms with Gasteiger partial charge in [-0.05, 0) is 63.9 Å². The van der Waals surface area contributed by atoms with Crippen molar-refractivity contribution in [1.29, 1.82) is 0 Å². The number of allylic oxidation sites excluding steroid dienone is 2. The Morgan fingerprint density at radius 3 is 2.66 bits per heavy atom. The van der Waals surface area contributed by atoms with Crippen LogP contribution in [0.2, 0.25) is 0 Å². The van der Waals surface area contributed by atoms with Crippen molar-refractivity contribution in [1.82, 2.24) is 0 Å². The van der Waals surface area contributed by atoms with Crippen LogP contribution in [-0.4, -0.2) is 57.9 Å². The summed E-state index contributed by atoms with van der Waals surface area (Å²) in [5, 5.41) is 31.6. The summed E-state index contributed by atoms with van der Waals surface area (Å²) in [6.45, 7) is 3.68. The molecule has 1 saturated carbocycles. The number of aliphatic hydroxyl groups is 3. The number of esters is 1. The standard InChI is InChI=1S/C26H38O6/c1-17(2)31-23(30)13-9-4-3-8-12-19-21(28)16-22(29)24(19)26-25(32-26)20(27)15-14-18-10-6-5-7-11-18/h3,5-8,10-11,17,19-22,24-29H,4,9,12-16H2,1-2H3/b8-3-/t19-,20-,21-,22+,24+,25-,26-/m0/s1. The molecule has 0 radical (unpaired) electrons. The molecule has 1 heterocycles. The number of epoxide rings is 1. The highest BCUT2D eigenvalue weighted by atomic mass is 16.6. The van der Waals surface area contributed by atoms with Crippen LogP contribution in [0.5, 0.6) is 0 Å². The van der Waals surface area contributed by atoms with Gasteiger partial charge in [-0.3, -0.25) is 4.79 Å². The average molecular weight is 447 g/mol. The minimum atomic E-state index is -0.620. The van der Waals surface area contributed by atoms with Crippen LogP contribution in [0.25, 0.3) is 0 Å². The highest BCUT2D eigenvalue weighted by Gasteiger charge is 2.57. The molecule has 3 N–H and O–H groups in total. The molecule has 0 amide bonds. The van der Waals surface area contributed by atoms with Gasteiger partial charge in [-0.1, -0.05) is 42.5 Å². The molecule has 0 bridgehead atoms. The van der Waals surface area contributed by atoms with Crippen molar-refractivity contribution in [3.05, 3.63) is 48.0 Å². The summed E-state index contributed by atoms with van der Waals surface area (Å²) in [6, 6.07) is 10.0. The Bertz CT molecular complexity index is 733. The van der Waals surface area contributed by atoms with Crippen molar-refractivity contribution < 1.29 is 29.6 Å². The molecular formula is C26H38O6. The Morgan fingerprint density at radius 2 is 1.94 bits per heavy atom. The molecule has 6 nitrogen and oxygen atoms in total. The number of aryl methyl sites for hydroxylation is 1. The lowest BCUT2D eigenvalue weighted by molar-refractivity contribution is -0.147. The molecule has 178 valence electrons. The monoisotopic (exact) mass is 446 g/mol. The largest absolute Gasteiger partial charge is 0.463 e.